The summed E-state index contributed by atoms with van der Waals surface area (Å²) in [4.78, 5) is 13.4. The molecule has 7 nitrogen and oxygen atoms in total. The first-order chi connectivity index (χ1) is 15.0. The molecule has 2 heterocycles. The molecule has 0 aliphatic carbocycles. The number of halogens is 2. The maximum absolute atomic E-state index is 11.8. The number of nitrogens with two attached hydrogens (primary N) is 1. The normalized spacial score (nSPS) is 16.0. The third kappa shape index (κ3) is 4.46. The number of aromatic nitrogens is 2. The van der Waals surface area contributed by atoms with Gasteiger partial charge in [0.05, 0.1) is 18.2 Å². The van der Waals surface area contributed by atoms with E-state index in [0.29, 0.717) is 45.2 Å². The second-order valence-corrected chi connectivity index (χ2v) is 8.16. The molecule has 1 atom stereocenters. The quantitative estimate of drug-likeness (QED) is 0.421. The number of anilines is 1. The minimum atomic E-state index is -0.0592. The number of hydrogen-bond donors (Lipinski definition) is 1. The van der Waals surface area contributed by atoms with E-state index in [9.17, 15) is 10.1 Å². The maximum atomic E-state index is 11.8. The van der Waals surface area contributed by atoms with Crippen molar-refractivity contribution in [3.8, 4) is 28.9 Å². The van der Waals surface area contributed by atoms with Gasteiger partial charge in [-0.05, 0) is 55.3 Å². The summed E-state index contributed by atoms with van der Waals surface area (Å²) in [6, 6.07) is 12.1. The zero-order valence-corrected chi connectivity index (χ0v) is 18.0. The fraction of sp³-hybridized carbons (Fsp3) is 0.227. The Bertz CT molecular complexity index is 1130. The Labute approximate surface area is 189 Å². The summed E-state index contributed by atoms with van der Waals surface area (Å²) in [6.45, 7) is 1.25. The zero-order chi connectivity index (χ0) is 22.0. The summed E-state index contributed by atoms with van der Waals surface area (Å²) in [7, 11) is 0. The average molecular weight is 456 g/mol. The molecule has 3 aromatic rings. The van der Waals surface area contributed by atoms with Crippen LogP contribution < -0.4 is 10.5 Å². The van der Waals surface area contributed by atoms with Gasteiger partial charge in [-0.15, -0.1) is 0 Å². The van der Waals surface area contributed by atoms with Crippen LogP contribution in [0.3, 0.4) is 0 Å². The number of piperidine rings is 1. The van der Waals surface area contributed by atoms with Gasteiger partial charge >= 0.3 is 0 Å². The molecule has 1 fully saturated rings. The number of benzene rings is 2. The molecule has 1 saturated heterocycles. The van der Waals surface area contributed by atoms with E-state index in [2.05, 4.69) is 11.3 Å². The molecule has 0 spiro atoms. The number of nitrogens with zero attached hydrogens (tertiary/aromatic N) is 4. The Morgan fingerprint density at radius 3 is 2.52 bits per heavy atom. The van der Waals surface area contributed by atoms with Gasteiger partial charge in [0.1, 0.15) is 23.0 Å². The first-order valence-corrected chi connectivity index (χ1v) is 10.5. The second kappa shape index (κ2) is 8.88. The van der Waals surface area contributed by atoms with Crippen LogP contribution in [0, 0.1) is 11.5 Å². The molecule has 2 aromatic carbocycles. The highest BCUT2D eigenvalue weighted by molar-refractivity contribution is 6.34. The number of hydrogen-bond acceptors (Lipinski definition) is 6. The van der Waals surface area contributed by atoms with Crippen LogP contribution in [0.1, 0.15) is 29.2 Å². The number of ether oxygens (including phenoxy) is 1. The summed E-state index contributed by atoms with van der Waals surface area (Å²) in [5, 5.41) is 14.8. The summed E-state index contributed by atoms with van der Waals surface area (Å²) in [5.74, 6) is 1.41. The second-order valence-electron chi connectivity index (χ2n) is 7.28. The molecule has 0 saturated carbocycles. The molecule has 9 heteroatoms. The molecule has 0 amide bonds. The van der Waals surface area contributed by atoms with Crippen LogP contribution in [0.25, 0.3) is 11.3 Å². The lowest BCUT2D eigenvalue weighted by Crippen LogP contribution is -2.34. The Morgan fingerprint density at radius 1 is 1.16 bits per heavy atom. The van der Waals surface area contributed by atoms with Crippen LogP contribution in [-0.2, 0) is 0 Å². The predicted octanol–water partition coefficient (Wildman–Crippen LogP) is 5.16. The van der Waals surface area contributed by atoms with E-state index >= 15 is 0 Å². The van der Waals surface area contributed by atoms with Crippen molar-refractivity contribution in [3.05, 3.63) is 58.1 Å². The van der Waals surface area contributed by atoms with Crippen LogP contribution in [0.5, 0.6) is 11.5 Å². The number of carbonyl (C=O) groups excluding carboxylic acids is 1. The predicted molar refractivity (Wildman–Crippen MR) is 119 cm³/mol. The number of aldehydes is 1. The monoisotopic (exact) mass is 455 g/mol. The molecule has 158 valence electrons. The molecule has 0 bridgehead atoms. The van der Waals surface area contributed by atoms with Crippen LogP contribution in [0.4, 0.5) is 5.82 Å². The number of likely N-dealkylation sites (tertiary alicyclic amines) is 1. The highest BCUT2D eigenvalue weighted by Gasteiger charge is 2.26. The maximum Gasteiger partial charge on any atom is 0.179 e. The standard InChI is InChI=1S/C22H19Cl2N5O2/c23-15-8-16(24)10-19(9-15)31-18-5-3-14(4-6-18)21-20(12-30)22(26)29(27-21)17-2-1-7-28(11-17)13-25/h3-6,8-10,12,17H,1-2,7,11,26H2. The highest BCUT2D eigenvalue weighted by Crippen LogP contribution is 2.33. The smallest absolute Gasteiger partial charge is 0.179 e. The minimum absolute atomic E-state index is 0.0592. The number of nitriles is 1. The van der Waals surface area contributed by atoms with E-state index in [1.807, 2.05) is 12.1 Å². The van der Waals surface area contributed by atoms with Crippen molar-refractivity contribution >= 4 is 35.3 Å². The lowest BCUT2D eigenvalue weighted by atomic mass is 10.1. The summed E-state index contributed by atoms with van der Waals surface area (Å²) >= 11 is 12.0. The van der Waals surface area contributed by atoms with Crippen LogP contribution in [-0.4, -0.2) is 34.1 Å². The summed E-state index contributed by atoms with van der Waals surface area (Å²) < 4.78 is 7.48. The van der Waals surface area contributed by atoms with E-state index in [4.69, 9.17) is 33.7 Å². The van der Waals surface area contributed by atoms with E-state index < -0.39 is 0 Å². The van der Waals surface area contributed by atoms with Gasteiger partial charge in [-0.2, -0.15) is 10.4 Å². The van der Waals surface area contributed by atoms with E-state index in [0.717, 1.165) is 31.2 Å². The van der Waals surface area contributed by atoms with E-state index in [1.54, 1.807) is 39.9 Å². The Morgan fingerprint density at radius 2 is 1.87 bits per heavy atom. The number of carbonyl (C=O) groups is 1. The van der Waals surface area contributed by atoms with Gasteiger partial charge < -0.3 is 15.4 Å². The van der Waals surface area contributed by atoms with Crippen molar-refractivity contribution in [1.29, 1.82) is 5.26 Å². The molecule has 1 unspecified atom stereocenters. The van der Waals surface area contributed by atoms with Crippen molar-refractivity contribution < 1.29 is 9.53 Å². The fourth-order valence-electron chi connectivity index (χ4n) is 3.72. The molecule has 1 aromatic heterocycles. The molecule has 4 rings (SSSR count). The van der Waals surface area contributed by atoms with Gasteiger partial charge in [0.15, 0.2) is 12.5 Å². The molecule has 31 heavy (non-hydrogen) atoms. The molecule has 0 radical (unpaired) electrons. The van der Waals surface area contributed by atoms with Gasteiger partial charge in [-0.3, -0.25) is 4.79 Å². The Kier molecular flexibility index (Phi) is 6.03. The topological polar surface area (TPSA) is 97.2 Å². The fourth-order valence-corrected chi connectivity index (χ4v) is 4.22. The number of nitrogen functional groups attached to an aromatic ring is 1. The van der Waals surface area contributed by atoms with Crippen molar-refractivity contribution in [2.24, 2.45) is 0 Å². The van der Waals surface area contributed by atoms with E-state index in [1.165, 1.54) is 0 Å². The molecular weight excluding hydrogens is 437 g/mol. The molecule has 1 aliphatic heterocycles. The van der Waals surface area contributed by atoms with Crippen molar-refractivity contribution in [1.82, 2.24) is 14.7 Å². The van der Waals surface area contributed by atoms with E-state index in [-0.39, 0.29) is 6.04 Å². The molecular formula is C22H19Cl2N5O2. The van der Waals surface area contributed by atoms with Gasteiger partial charge in [-0.1, -0.05) is 23.2 Å². The summed E-state index contributed by atoms with van der Waals surface area (Å²) in [6.07, 6.45) is 4.60. The van der Waals surface area contributed by atoms with Crippen molar-refractivity contribution in [3.63, 3.8) is 0 Å². The van der Waals surface area contributed by atoms with Crippen LogP contribution >= 0.6 is 23.2 Å². The number of rotatable bonds is 5. The first-order valence-electron chi connectivity index (χ1n) is 9.70. The third-order valence-electron chi connectivity index (χ3n) is 5.19. The SMILES string of the molecule is N#CN1CCCC(n2nc(-c3ccc(Oc4cc(Cl)cc(Cl)c4)cc3)c(C=O)c2N)C1. The largest absolute Gasteiger partial charge is 0.457 e. The molecule has 2 N–H and O–H groups in total. The highest BCUT2D eigenvalue weighted by atomic mass is 35.5. The third-order valence-corrected chi connectivity index (χ3v) is 5.62. The Hall–Kier alpha value is -3.21. The van der Waals surface area contributed by atoms with Crippen LogP contribution in [0.15, 0.2) is 42.5 Å². The van der Waals surface area contributed by atoms with Crippen LogP contribution in [0.2, 0.25) is 10.0 Å². The average Bonchev–Trinajstić information content (AvgIpc) is 3.10. The van der Waals surface area contributed by atoms with Crippen molar-refractivity contribution in [2.75, 3.05) is 18.8 Å². The summed E-state index contributed by atoms with van der Waals surface area (Å²) in [5.41, 5.74) is 7.82. The van der Waals surface area contributed by atoms with Gasteiger partial charge in [0, 0.05) is 22.2 Å². The van der Waals surface area contributed by atoms with Gasteiger partial charge in [0.25, 0.3) is 0 Å². The molecule has 1 aliphatic rings. The Balaban J connectivity index is 1.60. The van der Waals surface area contributed by atoms with Gasteiger partial charge in [0.2, 0.25) is 0 Å². The lowest BCUT2D eigenvalue weighted by Gasteiger charge is -2.29. The van der Waals surface area contributed by atoms with Crippen molar-refractivity contribution in [2.45, 2.75) is 18.9 Å². The first kappa shape index (κ1) is 21.0. The zero-order valence-electron chi connectivity index (χ0n) is 16.5. The lowest BCUT2D eigenvalue weighted by molar-refractivity contribution is 0.112. The van der Waals surface area contributed by atoms with Gasteiger partial charge in [-0.25, -0.2) is 4.68 Å². The minimum Gasteiger partial charge on any atom is -0.457 e.